The first-order valence-electron chi connectivity index (χ1n) is 10.5. The molecule has 0 fully saturated rings. The highest BCUT2D eigenvalue weighted by Gasteiger charge is 2.17. The molecule has 0 saturated heterocycles. The van der Waals surface area contributed by atoms with Gasteiger partial charge in [0.2, 0.25) is 0 Å². The van der Waals surface area contributed by atoms with E-state index in [9.17, 15) is 0 Å². The standard InChI is InChI=1S/C28H18O2S2/c1-29-17-7-3-15-5-9-21-25(19(15)13-17)27-23(31-21)11-12-24-28(27)26-20-14-18(30-2)8-4-16(20)6-10-22(26)32-24/h3-14H,1-2H3. The molecule has 0 atom stereocenters. The minimum absolute atomic E-state index is 0.891. The Bertz CT molecular complexity index is 1720. The third-order valence-electron chi connectivity index (χ3n) is 6.45. The third kappa shape index (κ3) is 2.39. The van der Waals surface area contributed by atoms with Crippen LogP contribution in [-0.2, 0) is 0 Å². The van der Waals surface area contributed by atoms with Crippen LogP contribution < -0.4 is 9.47 Å². The number of benzene rings is 5. The zero-order valence-corrected chi connectivity index (χ0v) is 19.2. The summed E-state index contributed by atoms with van der Waals surface area (Å²) in [7, 11) is 3.47. The fourth-order valence-electron chi connectivity index (χ4n) is 4.97. The summed E-state index contributed by atoms with van der Waals surface area (Å²) < 4.78 is 16.4. The van der Waals surface area contributed by atoms with Crippen molar-refractivity contribution >= 4 is 84.6 Å². The lowest BCUT2D eigenvalue weighted by Gasteiger charge is -2.07. The van der Waals surface area contributed by atoms with Crippen molar-refractivity contribution in [2.75, 3.05) is 14.2 Å². The van der Waals surface area contributed by atoms with Crippen molar-refractivity contribution in [1.29, 1.82) is 0 Å². The van der Waals surface area contributed by atoms with Gasteiger partial charge in [0.15, 0.2) is 0 Å². The second-order valence-corrected chi connectivity index (χ2v) is 10.2. The van der Waals surface area contributed by atoms with Gasteiger partial charge in [-0.25, -0.2) is 0 Å². The van der Waals surface area contributed by atoms with Crippen LogP contribution in [-0.4, -0.2) is 14.2 Å². The van der Waals surface area contributed by atoms with E-state index in [-0.39, 0.29) is 0 Å². The fraction of sp³-hybridized carbons (Fsp3) is 0.0714. The van der Waals surface area contributed by atoms with E-state index in [0.717, 1.165) is 11.5 Å². The number of hydrogen-bond acceptors (Lipinski definition) is 4. The Morgan fingerprint density at radius 1 is 0.469 bits per heavy atom. The third-order valence-corrected chi connectivity index (χ3v) is 8.69. The first-order valence-corrected chi connectivity index (χ1v) is 12.1. The second kappa shape index (κ2) is 6.58. The molecule has 32 heavy (non-hydrogen) atoms. The van der Waals surface area contributed by atoms with Crippen LogP contribution in [0.5, 0.6) is 11.5 Å². The maximum Gasteiger partial charge on any atom is 0.119 e. The van der Waals surface area contributed by atoms with Crippen LogP contribution in [0.15, 0.2) is 72.8 Å². The zero-order chi connectivity index (χ0) is 21.4. The van der Waals surface area contributed by atoms with Gasteiger partial charge < -0.3 is 9.47 Å². The van der Waals surface area contributed by atoms with E-state index < -0.39 is 0 Å². The molecule has 0 unspecified atom stereocenters. The molecular weight excluding hydrogens is 432 g/mol. The number of rotatable bonds is 2. The normalized spacial score (nSPS) is 12.1. The average Bonchev–Trinajstić information content (AvgIpc) is 3.41. The molecule has 0 amide bonds. The Morgan fingerprint density at radius 2 is 0.844 bits per heavy atom. The van der Waals surface area contributed by atoms with Gasteiger partial charge in [-0.05, 0) is 70.1 Å². The van der Waals surface area contributed by atoms with E-state index in [0.29, 0.717) is 0 Å². The van der Waals surface area contributed by atoms with Crippen LogP contribution in [0.1, 0.15) is 0 Å². The molecule has 2 nitrogen and oxygen atoms in total. The van der Waals surface area contributed by atoms with Crippen molar-refractivity contribution in [2.45, 2.75) is 0 Å². The van der Waals surface area contributed by atoms with Crippen LogP contribution in [0, 0.1) is 0 Å². The molecule has 0 saturated carbocycles. The summed E-state index contributed by atoms with van der Waals surface area (Å²) in [5.74, 6) is 1.78. The minimum Gasteiger partial charge on any atom is -0.497 e. The molecular formula is C28H18O2S2. The number of hydrogen-bond donors (Lipinski definition) is 0. The molecule has 4 heteroatoms. The summed E-state index contributed by atoms with van der Waals surface area (Å²) in [5.41, 5.74) is 0. The number of ether oxygens (including phenoxy) is 2. The van der Waals surface area contributed by atoms with Crippen LogP contribution in [0.2, 0.25) is 0 Å². The maximum atomic E-state index is 5.58. The number of thiophene rings is 2. The summed E-state index contributed by atoms with van der Waals surface area (Å²) in [6, 6.07) is 26.3. The average molecular weight is 451 g/mol. The molecule has 0 aliphatic rings. The number of fused-ring (bicyclic) bond motifs is 11. The van der Waals surface area contributed by atoms with Crippen molar-refractivity contribution in [2.24, 2.45) is 0 Å². The molecule has 0 radical (unpaired) electrons. The molecule has 0 spiro atoms. The van der Waals surface area contributed by atoms with Crippen molar-refractivity contribution in [1.82, 2.24) is 0 Å². The fourth-order valence-corrected chi connectivity index (χ4v) is 7.22. The smallest absolute Gasteiger partial charge is 0.119 e. The Balaban J connectivity index is 1.78. The van der Waals surface area contributed by atoms with Crippen LogP contribution in [0.3, 0.4) is 0 Å². The Labute approximate surface area is 192 Å². The molecule has 2 heterocycles. The largest absolute Gasteiger partial charge is 0.497 e. The number of methoxy groups -OCH3 is 2. The van der Waals surface area contributed by atoms with E-state index in [4.69, 9.17) is 9.47 Å². The second-order valence-electron chi connectivity index (χ2n) is 8.07. The topological polar surface area (TPSA) is 18.5 Å². The molecule has 0 aliphatic heterocycles. The summed E-state index contributed by atoms with van der Waals surface area (Å²) >= 11 is 3.74. The van der Waals surface area contributed by atoms with E-state index in [1.165, 1.54) is 61.9 Å². The highest BCUT2D eigenvalue weighted by Crippen LogP contribution is 2.48. The van der Waals surface area contributed by atoms with Crippen LogP contribution in [0.25, 0.3) is 61.9 Å². The highest BCUT2D eigenvalue weighted by molar-refractivity contribution is 7.28. The molecule has 0 bridgehead atoms. The van der Waals surface area contributed by atoms with Gasteiger partial charge >= 0.3 is 0 Å². The molecule has 0 aliphatic carbocycles. The molecule has 0 N–H and O–H groups in total. The van der Waals surface area contributed by atoms with Crippen molar-refractivity contribution in [3.8, 4) is 11.5 Å². The lowest BCUT2D eigenvalue weighted by atomic mass is 9.98. The van der Waals surface area contributed by atoms with Gasteiger partial charge in [-0.3, -0.25) is 0 Å². The highest BCUT2D eigenvalue weighted by atomic mass is 32.1. The lowest BCUT2D eigenvalue weighted by molar-refractivity contribution is 0.415. The van der Waals surface area contributed by atoms with E-state index in [2.05, 4.69) is 60.7 Å². The predicted octanol–water partition coefficient (Wildman–Crippen LogP) is 8.75. The first-order chi connectivity index (χ1) is 15.7. The monoisotopic (exact) mass is 450 g/mol. The van der Waals surface area contributed by atoms with E-state index >= 15 is 0 Å². The first kappa shape index (κ1) is 18.3. The Morgan fingerprint density at radius 3 is 1.28 bits per heavy atom. The van der Waals surface area contributed by atoms with Crippen molar-refractivity contribution < 1.29 is 9.47 Å². The van der Waals surface area contributed by atoms with Gasteiger partial charge in [-0.1, -0.05) is 24.3 Å². The minimum atomic E-state index is 0.891. The summed E-state index contributed by atoms with van der Waals surface area (Å²) in [6.45, 7) is 0. The van der Waals surface area contributed by atoms with Crippen LogP contribution in [0.4, 0.5) is 0 Å². The predicted molar refractivity (Wildman–Crippen MR) is 140 cm³/mol. The summed E-state index contributed by atoms with van der Waals surface area (Å²) in [5, 5.41) is 10.3. The molecule has 7 aromatic rings. The van der Waals surface area contributed by atoms with Crippen molar-refractivity contribution in [3.63, 3.8) is 0 Å². The molecule has 5 aromatic carbocycles. The SMILES string of the molecule is COc1ccc2ccc3sc4ccc5sc6ccc7ccc(OC)cc7c6c5c4c3c2c1. The molecule has 154 valence electrons. The zero-order valence-electron chi connectivity index (χ0n) is 17.6. The Kier molecular flexibility index (Phi) is 3.75. The van der Waals surface area contributed by atoms with E-state index in [1.807, 2.05) is 34.8 Å². The molecule has 2 aromatic heterocycles. The maximum absolute atomic E-state index is 5.58. The van der Waals surface area contributed by atoms with E-state index in [1.54, 1.807) is 14.2 Å². The van der Waals surface area contributed by atoms with Gasteiger partial charge in [-0.15, -0.1) is 22.7 Å². The molecule has 7 rings (SSSR count). The quantitative estimate of drug-likeness (QED) is 0.262. The lowest BCUT2D eigenvalue weighted by Crippen LogP contribution is -1.83. The Hall–Kier alpha value is -3.34. The van der Waals surface area contributed by atoms with Gasteiger partial charge in [0.25, 0.3) is 0 Å². The van der Waals surface area contributed by atoms with Crippen molar-refractivity contribution in [3.05, 3.63) is 72.8 Å². The van der Waals surface area contributed by atoms with Gasteiger partial charge in [0.1, 0.15) is 11.5 Å². The summed E-state index contributed by atoms with van der Waals surface area (Å²) in [4.78, 5) is 0. The van der Waals surface area contributed by atoms with Gasteiger partial charge in [0, 0.05) is 40.3 Å². The van der Waals surface area contributed by atoms with Gasteiger partial charge in [0.05, 0.1) is 14.2 Å². The van der Waals surface area contributed by atoms with Crippen LogP contribution >= 0.6 is 22.7 Å². The van der Waals surface area contributed by atoms with Gasteiger partial charge in [-0.2, -0.15) is 0 Å². The summed E-state index contributed by atoms with van der Waals surface area (Å²) in [6.07, 6.45) is 0.